The second kappa shape index (κ2) is 6.25. The summed E-state index contributed by atoms with van der Waals surface area (Å²) in [5.74, 6) is 0.425. The molecule has 0 bridgehead atoms. The number of aryl methyl sites for hydroxylation is 1. The molecule has 0 radical (unpaired) electrons. The van der Waals surface area contributed by atoms with Crippen molar-refractivity contribution in [1.29, 1.82) is 0 Å². The third-order valence-electron chi connectivity index (χ3n) is 2.60. The third-order valence-corrected chi connectivity index (χ3v) is 2.91. The SMILES string of the molecule is Cc1cccc(Cl)c1NC(=O)COc1ccccc1. The van der Waals surface area contributed by atoms with Gasteiger partial charge in [-0.15, -0.1) is 0 Å². The predicted octanol–water partition coefficient (Wildman–Crippen LogP) is 3.67. The van der Waals surface area contributed by atoms with E-state index in [2.05, 4.69) is 5.32 Å². The summed E-state index contributed by atoms with van der Waals surface area (Å²) in [5.41, 5.74) is 1.55. The molecule has 98 valence electrons. The van der Waals surface area contributed by atoms with Crippen LogP contribution in [-0.2, 0) is 4.79 Å². The standard InChI is InChI=1S/C15H14ClNO2/c1-11-6-5-9-13(16)15(11)17-14(18)10-19-12-7-3-2-4-8-12/h2-9H,10H2,1H3,(H,17,18). The number of ether oxygens (including phenoxy) is 1. The number of rotatable bonds is 4. The van der Waals surface area contributed by atoms with Crippen molar-refractivity contribution in [3.05, 3.63) is 59.1 Å². The molecule has 4 heteroatoms. The van der Waals surface area contributed by atoms with Crippen LogP contribution in [0.25, 0.3) is 0 Å². The van der Waals surface area contributed by atoms with Crippen LogP contribution in [0.4, 0.5) is 5.69 Å². The Morgan fingerprint density at radius 1 is 1.16 bits per heavy atom. The molecule has 1 amide bonds. The predicted molar refractivity (Wildman–Crippen MR) is 76.8 cm³/mol. The quantitative estimate of drug-likeness (QED) is 0.925. The summed E-state index contributed by atoms with van der Waals surface area (Å²) in [7, 11) is 0. The smallest absolute Gasteiger partial charge is 0.262 e. The van der Waals surface area contributed by atoms with E-state index in [4.69, 9.17) is 16.3 Å². The number of nitrogens with one attached hydrogen (secondary N) is 1. The molecule has 0 aliphatic carbocycles. The summed E-state index contributed by atoms with van der Waals surface area (Å²) in [6.45, 7) is 1.84. The summed E-state index contributed by atoms with van der Waals surface area (Å²) < 4.78 is 5.36. The Balaban J connectivity index is 1.95. The van der Waals surface area contributed by atoms with Crippen molar-refractivity contribution in [1.82, 2.24) is 0 Å². The first-order valence-corrected chi connectivity index (χ1v) is 6.27. The number of hydrogen-bond donors (Lipinski definition) is 1. The van der Waals surface area contributed by atoms with Crippen molar-refractivity contribution in [3.63, 3.8) is 0 Å². The second-order valence-electron chi connectivity index (χ2n) is 4.08. The van der Waals surface area contributed by atoms with Crippen molar-refractivity contribution in [2.75, 3.05) is 11.9 Å². The van der Waals surface area contributed by atoms with Gasteiger partial charge in [0.2, 0.25) is 0 Å². The highest BCUT2D eigenvalue weighted by molar-refractivity contribution is 6.33. The molecule has 0 fully saturated rings. The van der Waals surface area contributed by atoms with E-state index in [1.807, 2.05) is 37.3 Å². The van der Waals surface area contributed by atoms with Crippen molar-refractivity contribution in [2.24, 2.45) is 0 Å². The van der Waals surface area contributed by atoms with Crippen molar-refractivity contribution >= 4 is 23.2 Å². The summed E-state index contributed by atoms with van der Waals surface area (Å²) in [6, 6.07) is 14.7. The third kappa shape index (κ3) is 3.73. The number of amides is 1. The van der Waals surface area contributed by atoms with E-state index in [1.54, 1.807) is 18.2 Å². The zero-order valence-corrected chi connectivity index (χ0v) is 11.3. The lowest BCUT2D eigenvalue weighted by Gasteiger charge is -2.11. The fourth-order valence-electron chi connectivity index (χ4n) is 1.63. The highest BCUT2D eigenvalue weighted by Gasteiger charge is 2.08. The fourth-order valence-corrected chi connectivity index (χ4v) is 1.90. The van der Waals surface area contributed by atoms with Gasteiger partial charge in [0.1, 0.15) is 5.75 Å². The van der Waals surface area contributed by atoms with Crippen molar-refractivity contribution in [2.45, 2.75) is 6.92 Å². The van der Waals surface area contributed by atoms with Crippen LogP contribution in [0.2, 0.25) is 5.02 Å². The van der Waals surface area contributed by atoms with E-state index in [1.165, 1.54) is 0 Å². The molecule has 0 heterocycles. The Morgan fingerprint density at radius 3 is 2.58 bits per heavy atom. The molecule has 3 nitrogen and oxygen atoms in total. The van der Waals surface area contributed by atoms with Crippen LogP contribution in [0.3, 0.4) is 0 Å². The molecule has 0 saturated heterocycles. The normalized spacial score (nSPS) is 10.0. The lowest BCUT2D eigenvalue weighted by Crippen LogP contribution is -2.20. The average molecular weight is 276 g/mol. The van der Waals surface area contributed by atoms with Gasteiger partial charge in [0, 0.05) is 0 Å². The first-order chi connectivity index (χ1) is 9.16. The maximum Gasteiger partial charge on any atom is 0.262 e. The van der Waals surface area contributed by atoms with E-state index in [0.29, 0.717) is 16.5 Å². The van der Waals surface area contributed by atoms with Crippen molar-refractivity contribution < 1.29 is 9.53 Å². The highest BCUT2D eigenvalue weighted by Crippen LogP contribution is 2.25. The summed E-state index contributed by atoms with van der Waals surface area (Å²) >= 11 is 6.04. The Hall–Kier alpha value is -2.00. The molecule has 0 aromatic heterocycles. The van der Waals surface area contributed by atoms with Gasteiger partial charge in [0.15, 0.2) is 6.61 Å². The molecular formula is C15H14ClNO2. The maximum atomic E-state index is 11.8. The Kier molecular flexibility index (Phi) is 4.42. The van der Waals surface area contributed by atoms with Gasteiger partial charge in [-0.1, -0.05) is 41.9 Å². The maximum absolute atomic E-state index is 11.8. The van der Waals surface area contributed by atoms with Gasteiger partial charge in [-0.2, -0.15) is 0 Å². The van der Waals surface area contributed by atoms with Gasteiger partial charge < -0.3 is 10.1 Å². The molecule has 19 heavy (non-hydrogen) atoms. The summed E-state index contributed by atoms with van der Waals surface area (Å²) in [5, 5.41) is 3.27. The number of hydrogen-bond acceptors (Lipinski definition) is 2. The van der Waals surface area contributed by atoms with E-state index < -0.39 is 0 Å². The molecule has 0 atom stereocenters. The van der Waals surface area contributed by atoms with Gasteiger partial charge >= 0.3 is 0 Å². The van der Waals surface area contributed by atoms with Crippen LogP contribution < -0.4 is 10.1 Å². The lowest BCUT2D eigenvalue weighted by atomic mass is 10.2. The minimum absolute atomic E-state index is 0.0469. The van der Waals surface area contributed by atoms with E-state index in [0.717, 1.165) is 5.56 Å². The number of carbonyl (C=O) groups is 1. The Morgan fingerprint density at radius 2 is 1.89 bits per heavy atom. The molecule has 2 aromatic rings. The van der Waals surface area contributed by atoms with Gasteiger partial charge in [0.05, 0.1) is 10.7 Å². The zero-order chi connectivity index (χ0) is 13.7. The number of carbonyl (C=O) groups excluding carboxylic acids is 1. The number of anilines is 1. The van der Waals surface area contributed by atoms with Gasteiger partial charge in [-0.3, -0.25) is 4.79 Å². The van der Waals surface area contributed by atoms with Crippen molar-refractivity contribution in [3.8, 4) is 5.75 Å². The number of halogens is 1. The molecular weight excluding hydrogens is 262 g/mol. The molecule has 1 N–H and O–H groups in total. The lowest BCUT2D eigenvalue weighted by molar-refractivity contribution is -0.118. The van der Waals surface area contributed by atoms with Gasteiger partial charge in [-0.25, -0.2) is 0 Å². The monoisotopic (exact) mass is 275 g/mol. The summed E-state index contributed by atoms with van der Waals surface area (Å²) in [4.78, 5) is 11.8. The fraction of sp³-hybridized carbons (Fsp3) is 0.133. The van der Waals surface area contributed by atoms with E-state index in [9.17, 15) is 4.79 Å². The van der Waals surface area contributed by atoms with Crippen LogP contribution in [0, 0.1) is 6.92 Å². The first-order valence-electron chi connectivity index (χ1n) is 5.89. The van der Waals surface area contributed by atoms with Crippen LogP contribution in [-0.4, -0.2) is 12.5 Å². The molecule has 0 unspecified atom stereocenters. The topological polar surface area (TPSA) is 38.3 Å². The van der Waals surface area contributed by atoms with Crippen LogP contribution in [0.5, 0.6) is 5.75 Å². The van der Waals surface area contributed by atoms with Crippen LogP contribution in [0.1, 0.15) is 5.56 Å². The van der Waals surface area contributed by atoms with E-state index in [-0.39, 0.29) is 12.5 Å². The van der Waals surface area contributed by atoms with Gasteiger partial charge in [0.25, 0.3) is 5.91 Å². The van der Waals surface area contributed by atoms with Gasteiger partial charge in [-0.05, 0) is 30.7 Å². The highest BCUT2D eigenvalue weighted by atomic mass is 35.5. The molecule has 0 aliphatic rings. The molecule has 2 rings (SSSR count). The molecule has 0 aliphatic heterocycles. The summed E-state index contributed by atoms with van der Waals surface area (Å²) in [6.07, 6.45) is 0. The molecule has 2 aromatic carbocycles. The molecule has 0 spiro atoms. The zero-order valence-electron chi connectivity index (χ0n) is 10.5. The average Bonchev–Trinajstić information content (AvgIpc) is 2.42. The number of para-hydroxylation sites is 2. The molecule has 0 saturated carbocycles. The second-order valence-corrected chi connectivity index (χ2v) is 4.49. The Labute approximate surface area is 117 Å². The largest absolute Gasteiger partial charge is 0.484 e. The van der Waals surface area contributed by atoms with Crippen LogP contribution >= 0.6 is 11.6 Å². The Bertz CT molecular complexity index is 549. The first kappa shape index (κ1) is 13.4. The minimum atomic E-state index is -0.236. The number of benzene rings is 2. The van der Waals surface area contributed by atoms with Crippen LogP contribution in [0.15, 0.2) is 48.5 Å². The van der Waals surface area contributed by atoms with E-state index >= 15 is 0 Å². The minimum Gasteiger partial charge on any atom is -0.484 e.